The molecule has 2 nitrogen and oxygen atoms in total. The van der Waals surface area contributed by atoms with Crippen LogP contribution in [0.1, 0.15) is 20.9 Å². The maximum absolute atomic E-state index is 15.5. The highest BCUT2D eigenvalue weighted by atomic mass is 32.1. The SMILES string of the molecule is COc1cccc(-c2cc(C)c(C3=C(c4sc(-c5cccc(OC)c5)cc4C)C(F)(F)C(F)(F)C3(F)F)s2)c1. The molecule has 0 aliphatic heterocycles. The van der Waals surface area contributed by atoms with Gasteiger partial charge < -0.3 is 9.47 Å². The molecule has 4 aromatic rings. The molecule has 0 spiro atoms. The van der Waals surface area contributed by atoms with E-state index < -0.39 is 28.9 Å². The monoisotopic (exact) mass is 580 g/mol. The van der Waals surface area contributed by atoms with Gasteiger partial charge in [-0.25, -0.2) is 0 Å². The van der Waals surface area contributed by atoms with Crippen molar-refractivity contribution < 1.29 is 35.8 Å². The molecule has 1 aliphatic rings. The predicted molar refractivity (Wildman–Crippen MR) is 144 cm³/mol. The minimum absolute atomic E-state index is 0.195. The average Bonchev–Trinajstić information content (AvgIpc) is 3.51. The summed E-state index contributed by atoms with van der Waals surface area (Å²) in [6.07, 6.45) is 0. The van der Waals surface area contributed by atoms with Crippen molar-refractivity contribution in [2.75, 3.05) is 14.2 Å². The second kappa shape index (κ2) is 9.45. The Labute approximate surface area is 229 Å². The van der Waals surface area contributed by atoms with E-state index in [9.17, 15) is 8.78 Å². The van der Waals surface area contributed by atoms with Crippen molar-refractivity contribution in [3.63, 3.8) is 0 Å². The highest BCUT2D eigenvalue weighted by Gasteiger charge is 2.80. The van der Waals surface area contributed by atoms with E-state index in [1.54, 1.807) is 48.5 Å². The number of ether oxygens (including phenoxy) is 2. The van der Waals surface area contributed by atoms with Crippen LogP contribution in [0.3, 0.4) is 0 Å². The molecule has 0 N–H and O–H groups in total. The number of thiophene rings is 2. The summed E-state index contributed by atoms with van der Waals surface area (Å²) in [5.74, 6) is -14.8. The standard InChI is InChI=1S/C29H22F6O2S2/c1-15-11-21(17-7-5-9-19(13-17)36-3)38-25(15)23-24(28(32,33)29(34,35)27(23,30)31)26-16(2)12-22(39-26)18-8-6-10-20(14-18)37-4/h5-14H,1-4H3. The van der Waals surface area contributed by atoms with Crippen LogP contribution in [0, 0.1) is 13.8 Å². The van der Waals surface area contributed by atoms with Gasteiger partial charge in [0.05, 0.1) is 25.4 Å². The summed E-state index contributed by atoms with van der Waals surface area (Å²) in [6.45, 7) is 2.90. The van der Waals surface area contributed by atoms with Gasteiger partial charge in [0.15, 0.2) is 0 Å². The maximum atomic E-state index is 15.5. The van der Waals surface area contributed by atoms with Crippen molar-refractivity contribution in [1.82, 2.24) is 0 Å². The number of allylic oxidation sites excluding steroid dienone is 2. The van der Waals surface area contributed by atoms with Crippen molar-refractivity contribution in [1.29, 1.82) is 0 Å². The maximum Gasteiger partial charge on any atom is 0.380 e. The molecule has 204 valence electrons. The molecule has 0 saturated carbocycles. The minimum atomic E-state index is -5.62. The number of benzene rings is 2. The van der Waals surface area contributed by atoms with Crippen LogP contribution < -0.4 is 9.47 Å². The van der Waals surface area contributed by atoms with Crippen molar-refractivity contribution in [3.05, 3.63) is 81.5 Å². The molecule has 2 aromatic carbocycles. The summed E-state index contributed by atoms with van der Waals surface area (Å²) in [6, 6.07) is 16.5. The van der Waals surface area contributed by atoms with Gasteiger partial charge in [0.25, 0.3) is 0 Å². The number of hydrogen-bond donors (Lipinski definition) is 0. The first-order chi connectivity index (χ1) is 18.3. The lowest BCUT2D eigenvalue weighted by atomic mass is 10.0. The van der Waals surface area contributed by atoms with E-state index in [-0.39, 0.29) is 20.9 Å². The number of halogens is 6. The van der Waals surface area contributed by atoms with Crippen LogP contribution in [0.15, 0.2) is 60.7 Å². The Morgan fingerprint density at radius 3 is 1.33 bits per heavy atom. The van der Waals surface area contributed by atoms with Crippen LogP contribution >= 0.6 is 22.7 Å². The molecule has 0 bridgehead atoms. The van der Waals surface area contributed by atoms with Crippen molar-refractivity contribution in [2.45, 2.75) is 31.6 Å². The minimum Gasteiger partial charge on any atom is -0.497 e. The van der Waals surface area contributed by atoms with Gasteiger partial charge in [0.1, 0.15) is 11.5 Å². The molecular weight excluding hydrogens is 558 g/mol. The summed E-state index contributed by atoms with van der Waals surface area (Å²) in [4.78, 5) is 0.311. The van der Waals surface area contributed by atoms with Crippen LogP contribution in [0.5, 0.6) is 11.5 Å². The third kappa shape index (κ3) is 4.15. The normalized spacial score (nSPS) is 17.5. The third-order valence-corrected chi connectivity index (χ3v) is 9.27. The molecular formula is C29H22F6O2S2. The second-order valence-corrected chi connectivity index (χ2v) is 11.3. The lowest BCUT2D eigenvalue weighted by Gasteiger charge is -2.25. The summed E-state index contributed by atoms with van der Waals surface area (Å²) in [5.41, 5.74) is -1.11. The van der Waals surface area contributed by atoms with Crippen molar-refractivity contribution >= 4 is 33.8 Å². The van der Waals surface area contributed by atoms with Crippen LogP contribution in [-0.4, -0.2) is 32.0 Å². The number of alkyl halides is 6. The average molecular weight is 581 g/mol. The van der Waals surface area contributed by atoms with Crippen molar-refractivity contribution in [2.24, 2.45) is 0 Å². The van der Waals surface area contributed by atoms with Crippen molar-refractivity contribution in [3.8, 4) is 32.4 Å². The zero-order valence-electron chi connectivity index (χ0n) is 21.2. The predicted octanol–water partition coefficient (Wildman–Crippen LogP) is 9.61. The first kappa shape index (κ1) is 27.3. The van der Waals surface area contributed by atoms with Gasteiger partial charge in [-0.3, -0.25) is 0 Å². The Bertz CT molecular complexity index is 1480. The van der Waals surface area contributed by atoms with E-state index in [1.165, 1.54) is 40.2 Å². The van der Waals surface area contributed by atoms with E-state index in [4.69, 9.17) is 9.47 Å². The molecule has 0 unspecified atom stereocenters. The van der Waals surface area contributed by atoms with E-state index in [1.807, 2.05) is 0 Å². The smallest absolute Gasteiger partial charge is 0.380 e. The molecule has 2 aromatic heterocycles. The summed E-state index contributed by atoms with van der Waals surface area (Å²) in [7, 11) is 2.93. The summed E-state index contributed by atoms with van der Waals surface area (Å²) in [5, 5.41) is 0. The summed E-state index contributed by atoms with van der Waals surface area (Å²) < 4.78 is 102. The quantitative estimate of drug-likeness (QED) is 0.212. The lowest BCUT2D eigenvalue weighted by Crippen LogP contribution is -2.48. The van der Waals surface area contributed by atoms with Gasteiger partial charge in [0.2, 0.25) is 0 Å². The molecule has 0 saturated heterocycles. The van der Waals surface area contributed by atoms with E-state index >= 15 is 17.6 Å². The number of aryl methyl sites for hydroxylation is 2. The largest absolute Gasteiger partial charge is 0.497 e. The first-order valence-electron chi connectivity index (χ1n) is 11.7. The van der Waals surface area contributed by atoms with Gasteiger partial charge in [-0.1, -0.05) is 24.3 Å². The van der Waals surface area contributed by atoms with E-state index in [2.05, 4.69) is 0 Å². The fraction of sp³-hybridized carbons (Fsp3) is 0.241. The van der Waals surface area contributed by atoms with Gasteiger partial charge >= 0.3 is 17.8 Å². The lowest BCUT2D eigenvalue weighted by molar-refractivity contribution is -0.254. The van der Waals surface area contributed by atoms with Gasteiger partial charge in [-0.05, 0) is 72.5 Å². The molecule has 0 amide bonds. The molecule has 5 rings (SSSR count). The van der Waals surface area contributed by atoms with Gasteiger partial charge in [-0.2, -0.15) is 26.3 Å². The Hall–Kier alpha value is -3.24. The number of methoxy groups -OCH3 is 2. The van der Waals surface area contributed by atoms with E-state index in [0.717, 1.165) is 22.7 Å². The zero-order valence-corrected chi connectivity index (χ0v) is 22.8. The number of hydrogen-bond acceptors (Lipinski definition) is 4. The molecule has 1 aliphatic carbocycles. The van der Waals surface area contributed by atoms with E-state index in [0.29, 0.717) is 32.4 Å². The van der Waals surface area contributed by atoms with Gasteiger partial charge in [-0.15, -0.1) is 22.7 Å². The van der Waals surface area contributed by atoms with Crippen LogP contribution in [0.2, 0.25) is 0 Å². The second-order valence-electron chi connectivity index (χ2n) is 9.18. The molecule has 10 heteroatoms. The highest BCUT2D eigenvalue weighted by Crippen LogP contribution is 2.66. The highest BCUT2D eigenvalue weighted by molar-refractivity contribution is 7.18. The first-order valence-corrected chi connectivity index (χ1v) is 13.4. The van der Waals surface area contributed by atoms with Gasteiger partial charge in [0, 0.05) is 19.5 Å². The van der Waals surface area contributed by atoms with Crippen LogP contribution in [0.4, 0.5) is 26.3 Å². The third-order valence-electron chi connectivity index (χ3n) is 6.66. The number of rotatable bonds is 6. The zero-order chi connectivity index (χ0) is 28.3. The topological polar surface area (TPSA) is 18.5 Å². The molecule has 0 fully saturated rings. The fourth-order valence-corrected chi connectivity index (χ4v) is 7.14. The summed E-state index contributed by atoms with van der Waals surface area (Å²) >= 11 is 1.55. The molecule has 0 atom stereocenters. The molecule has 2 heterocycles. The Balaban J connectivity index is 1.75. The Kier molecular flexibility index (Phi) is 6.62. The molecule has 0 radical (unpaired) electrons. The Morgan fingerprint density at radius 1 is 0.590 bits per heavy atom. The molecule has 39 heavy (non-hydrogen) atoms. The van der Waals surface area contributed by atoms with Crippen LogP contribution in [-0.2, 0) is 0 Å². The van der Waals surface area contributed by atoms with Crippen LogP contribution in [0.25, 0.3) is 32.0 Å². The Morgan fingerprint density at radius 2 is 0.974 bits per heavy atom. The fourth-order valence-electron chi connectivity index (χ4n) is 4.64.